The predicted octanol–water partition coefficient (Wildman–Crippen LogP) is 3.89. The first-order chi connectivity index (χ1) is 9.43. The first-order valence-corrected chi connectivity index (χ1v) is 6.59. The van der Waals surface area contributed by atoms with E-state index in [0.29, 0.717) is 11.1 Å². The van der Waals surface area contributed by atoms with E-state index < -0.39 is 11.6 Å². The van der Waals surface area contributed by atoms with Gasteiger partial charge in [0.05, 0.1) is 0 Å². The van der Waals surface area contributed by atoms with Crippen molar-refractivity contribution in [2.24, 2.45) is 5.92 Å². The van der Waals surface area contributed by atoms with Crippen LogP contribution in [0.1, 0.15) is 20.8 Å². The molecule has 0 aromatic rings. The Hall–Kier alpha value is -2.22. The zero-order valence-electron chi connectivity index (χ0n) is 12.3. The van der Waals surface area contributed by atoms with Crippen LogP contribution in [0.2, 0.25) is 0 Å². The molecular weight excluding hydrogens is 248 g/mol. The summed E-state index contributed by atoms with van der Waals surface area (Å²) in [5.41, 5.74) is 1.85. The van der Waals surface area contributed by atoms with Crippen LogP contribution in [0.3, 0.4) is 0 Å². The van der Waals surface area contributed by atoms with Crippen molar-refractivity contribution < 1.29 is 9.59 Å². The second-order valence-electron chi connectivity index (χ2n) is 4.69. The highest BCUT2D eigenvalue weighted by Crippen LogP contribution is 2.32. The van der Waals surface area contributed by atoms with Crippen molar-refractivity contribution in [3.63, 3.8) is 0 Å². The van der Waals surface area contributed by atoms with E-state index in [0.717, 1.165) is 0 Å². The van der Waals surface area contributed by atoms with Crippen molar-refractivity contribution in [3.8, 4) is 0 Å². The van der Waals surface area contributed by atoms with E-state index in [1.165, 1.54) is 0 Å². The van der Waals surface area contributed by atoms with Crippen molar-refractivity contribution in [2.75, 3.05) is 0 Å². The van der Waals surface area contributed by atoms with E-state index in [9.17, 15) is 9.59 Å². The molecule has 2 nitrogen and oxygen atoms in total. The van der Waals surface area contributed by atoms with Crippen LogP contribution in [-0.4, -0.2) is 11.6 Å². The molecule has 0 spiro atoms. The Morgan fingerprint density at radius 1 is 0.950 bits per heavy atom. The van der Waals surface area contributed by atoms with Crippen molar-refractivity contribution in [3.05, 3.63) is 71.9 Å². The summed E-state index contributed by atoms with van der Waals surface area (Å²) in [6.07, 6.45) is 11.4. The number of allylic oxidation sites excluding steroid dienone is 10. The zero-order valence-corrected chi connectivity index (χ0v) is 12.3. The molecule has 1 fully saturated rings. The maximum absolute atomic E-state index is 11.9. The Morgan fingerprint density at radius 2 is 1.50 bits per heavy atom. The summed E-state index contributed by atoms with van der Waals surface area (Å²) < 4.78 is 0. The minimum absolute atomic E-state index is 0.148. The fourth-order valence-corrected chi connectivity index (χ4v) is 2.04. The van der Waals surface area contributed by atoms with Crippen molar-refractivity contribution >= 4 is 11.6 Å². The molecule has 0 aliphatic heterocycles. The SMILES string of the molecule is C=C1C(=O)C(=O)C(=C)C(=C\C(C)/C=C\C)/C1=C/C=C\C. The average Bonchev–Trinajstić information content (AvgIpc) is 2.42. The third kappa shape index (κ3) is 3.21. The van der Waals surface area contributed by atoms with Gasteiger partial charge in [-0.15, -0.1) is 0 Å². The topological polar surface area (TPSA) is 34.1 Å². The zero-order chi connectivity index (χ0) is 15.3. The fraction of sp³-hybridized carbons (Fsp3) is 0.222. The standard InChI is InChI=1S/C18H20O2/c1-6-8-10-15-13(4)17(19)18(20)14(5)16(15)11-12(3)9-7-2/h6-12H,4-5H2,1-3H3/b8-6-,9-7-,15-10+,16-11+. The predicted molar refractivity (Wildman–Crippen MR) is 83.3 cm³/mol. The second kappa shape index (κ2) is 6.80. The molecule has 1 atom stereocenters. The first-order valence-electron chi connectivity index (χ1n) is 6.59. The summed E-state index contributed by atoms with van der Waals surface area (Å²) in [5, 5.41) is 0. The largest absolute Gasteiger partial charge is 0.285 e. The molecule has 0 aromatic carbocycles. The van der Waals surface area contributed by atoms with Gasteiger partial charge in [-0.1, -0.05) is 56.5 Å². The van der Waals surface area contributed by atoms with E-state index in [-0.39, 0.29) is 17.1 Å². The van der Waals surface area contributed by atoms with Gasteiger partial charge in [0.25, 0.3) is 0 Å². The number of hydrogen-bond acceptors (Lipinski definition) is 2. The van der Waals surface area contributed by atoms with Crippen LogP contribution in [0.15, 0.2) is 71.9 Å². The van der Waals surface area contributed by atoms with Crippen LogP contribution < -0.4 is 0 Å². The van der Waals surface area contributed by atoms with Crippen molar-refractivity contribution in [2.45, 2.75) is 20.8 Å². The Labute approximate surface area is 120 Å². The molecule has 0 saturated heterocycles. The summed E-state index contributed by atoms with van der Waals surface area (Å²) in [6, 6.07) is 0. The van der Waals surface area contributed by atoms with Gasteiger partial charge in [0, 0.05) is 11.1 Å². The maximum Gasteiger partial charge on any atom is 0.233 e. The monoisotopic (exact) mass is 268 g/mol. The molecule has 0 radical (unpaired) electrons. The van der Waals surface area contributed by atoms with Gasteiger partial charge in [0.1, 0.15) is 0 Å². The van der Waals surface area contributed by atoms with Gasteiger partial charge >= 0.3 is 0 Å². The summed E-state index contributed by atoms with van der Waals surface area (Å²) in [7, 11) is 0. The van der Waals surface area contributed by atoms with Crippen LogP contribution in [0.25, 0.3) is 0 Å². The highest BCUT2D eigenvalue weighted by molar-refractivity contribution is 6.52. The number of ketones is 2. The molecule has 20 heavy (non-hydrogen) atoms. The van der Waals surface area contributed by atoms with Gasteiger partial charge in [0.2, 0.25) is 11.6 Å². The second-order valence-corrected chi connectivity index (χ2v) is 4.69. The highest BCUT2D eigenvalue weighted by Gasteiger charge is 2.32. The minimum atomic E-state index is -0.568. The molecule has 0 heterocycles. The highest BCUT2D eigenvalue weighted by atomic mass is 16.2. The number of Topliss-reactive ketones (excluding diaryl/α,β-unsaturated/α-hetero) is 2. The molecule has 104 valence electrons. The van der Waals surface area contributed by atoms with Crippen LogP contribution >= 0.6 is 0 Å². The summed E-state index contributed by atoms with van der Waals surface area (Å²) in [5.74, 6) is -0.984. The Kier molecular flexibility index (Phi) is 5.39. The molecule has 1 aliphatic carbocycles. The lowest BCUT2D eigenvalue weighted by molar-refractivity contribution is -0.132. The first kappa shape index (κ1) is 15.8. The van der Waals surface area contributed by atoms with Gasteiger partial charge < -0.3 is 0 Å². The van der Waals surface area contributed by atoms with Crippen LogP contribution in [-0.2, 0) is 9.59 Å². The number of hydrogen-bond donors (Lipinski definition) is 0. The molecular formula is C18H20O2. The van der Waals surface area contributed by atoms with Crippen LogP contribution in [0, 0.1) is 5.92 Å². The van der Waals surface area contributed by atoms with Gasteiger partial charge in [0.15, 0.2) is 0 Å². The van der Waals surface area contributed by atoms with E-state index >= 15 is 0 Å². The van der Waals surface area contributed by atoms with Crippen LogP contribution in [0.5, 0.6) is 0 Å². The summed E-state index contributed by atoms with van der Waals surface area (Å²) in [4.78, 5) is 23.7. The molecule has 1 unspecified atom stereocenters. The van der Waals surface area contributed by atoms with Gasteiger partial charge in [-0.25, -0.2) is 0 Å². The molecule has 0 amide bonds. The number of carbonyl (C=O) groups excluding carboxylic acids is 2. The summed E-state index contributed by atoms with van der Waals surface area (Å²) >= 11 is 0. The van der Waals surface area contributed by atoms with Gasteiger partial charge in [-0.3, -0.25) is 9.59 Å². The number of rotatable bonds is 3. The molecule has 1 rings (SSSR count). The fourth-order valence-electron chi connectivity index (χ4n) is 2.04. The quantitative estimate of drug-likeness (QED) is 0.442. The molecule has 0 bridgehead atoms. The maximum atomic E-state index is 11.9. The molecule has 1 aliphatic rings. The third-order valence-corrected chi connectivity index (χ3v) is 3.08. The molecule has 0 aromatic heterocycles. The third-order valence-electron chi connectivity index (χ3n) is 3.08. The molecule has 0 N–H and O–H groups in total. The Bertz CT molecular complexity index is 581. The lowest BCUT2D eigenvalue weighted by atomic mass is 9.79. The summed E-state index contributed by atoms with van der Waals surface area (Å²) in [6.45, 7) is 13.3. The van der Waals surface area contributed by atoms with Gasteiger partial charge in [-0.05, 0) is 30.9 Å². The number of carbonyl (C=O) groups is 2. The van der Waals surface area contributed by atoms with Crippen LogP contribution in [0.4, 0.5) is 0 Å². The average molecular weight is 268 g/mol. The molecule has 1 saturated carbocycles. The Balaban J connectivity index is 3.40. The normalized spacial score (nSPS) is 22.8. The Morgan fingerprint density at radius 3 is 2.00 bits per heavy atom. The lowest BCUT2D eigenvalue weighted by Gasteiger charge is -2.21. The van der Waals surface area contributed by atoms with Gasteiger partial charge in [-0.2, -0.15) is 0 Å². The van der Waals surface area contributed by atoms with Crippen molar-refractivity contribution in [1.82, 2.24) is 0 Å². The van der Waals surface area contributed by atoms with E-state index in [4.69, 9.17) is 0 Å². The molecule has 2 heteroatoms. The van der Waals surface area contributed by atoms with Crippen molar-refractivity contribution in [1.29, 1.82) is 0 Å². The smallest absolute Gasteiger partial charge is 0.233 e. The van der Waals surface area contributed by atoms with E-state index in [1.54, 1.807) is 6.08 Å². The minimum Gasteiger partial charge on any atom is -0.285 e. The van der Waals surface area contributed by atoms with E-state index in [2.05, 4.69) is 13.2 Å². The lowest BCUT2D eigenvalue weighted by Crippen LogP contribution is -2.26. The van der Waals surface area contributed by atoms with E-state index in [1.807, 2.05) is 51.2 Å².